The first kappa shape index (κ1) is 9.78. The predicted octanol–water partition coefficient (Wildman–Crippen LogP) is 3.57. The summed E-state index contributed by atoms with van der Waals surface area (Å²) >= 11 is 5.92. The number of ether oxygens (including phenoxy) is 1. The van der Waals surface area contributed by atoms with Gasteiger partial charge in [-0.3, -0.25) is 0 Å². The Bertz CT molecular complexity index is 347. The molecule has 1 aromatic carbocycles. The summed E-state index contributed by atoms with van der Waals surface area (Å²) in [4.78, 5) is 0. The molecule has 1 aromatic rings. The number of halogens is 2. The molecular formula is C11H11ClFO. The fourth-order valence-electron chi connectivity index (χ4n) is 1.46. The van der Waals surface area contributed by atoms with Gasteiger partial charge in [0.05, 0.1) is 6.61 Å². The highest BCUT2D eigenvalue weighted by Gasteiger charge is 2.30. The molecule has 2 rings (SSSR count). The van der Waals surface area contributed by atoms with Crippen LogP contribution >= 0.6 is 11.6 Å². The van der Waals surface area contributed by atoms with Crippen molar-refractivity contribution in [2.75, 3.05) is 6.61 Å². The number of rotatable bonds is 3. The van der Waals surface area contributed by atoms with Crippen LogP contribution in [0.15, 0.2) is 12.1 Å². The van der Waals surface area contributed by atoms with Crippen molar-refractivity contribution in [2.24, 2.45) is 0 Å². The van der Waals surface area contributed by atoms with Gasteiger partial charge in [-0.05, 0) is 37.8 Å². The van der Waals surface area contributed by atoms with E-state index in [1.807, 2.05) is 13.3 Å². The van der Waals surface area contributed by atoms with Crippen LogP contribution < -0.4 is 4.74 Å². The quantitative estimate of drug-likeness (QED) is 0.746. The average molecular weight is 214 g/mol. The lowest BCUT2D eigenvalue weighted by atomic mass is 10.1. The van der Waals surface area contributed by atoms with E-state index in [0.29, 0.717) is 22.9 Å². The van der Waals surface area contributed by atoms with E-state index in [1.165, 1.54) is 0 Å². The van der Waals surface area contributed by atoms with Gasteiger partial charge in [0.2, 0.25) is 0 Å². The van der Waals surface area contributed by atoms with Crippen LogP contribution in [0, 0.1) is 12.2 Å². The van der Waals surface area contributed by atoms with Crippen molar-refractivity contribution in [3.8, 4) is 5.75 Å². The van der Waals surface area contributed by atoms with E-state index in [1.54, 1.807) is 12.1 Å². The minimum absolute atomic E-state index is 0.183. The Morgan fingerprint density at radius 3 is 2.86 bits per heavy atom. The molecule has 1 nitrogen and oxygen atoms in total. The van der Waals surface area contributed by atoms with E-state index < -0.39 is 0 Å². The lowest BCUT2D eigenvalue weighted by Gasteiger charge is -2.09. The molecule has 0 bridgehead atoms. The third-order valence-corrected chi connectivity index (χ3v) is 2.56. The molecule has 1 radical (unpaired) electrons. The molecule has 14 heavy (non-hydrogen) atoms. The van der Waals surface area contributed by atoms with Gasteiger partial charge in [0, 0.05) is 10.6 Å². The Balaban J connectivity index is 2.40. The molecule has 0 N–H and O–H groups in total. The van der Waals surface area contributed by atoms with Crippen molar-refractivity contribution >= 4 is 11.6 Å². The minimum Gasteiger partial charge on any atom is -0.491 e. The molecule has 3 heteroatoms. The predicted molar refractivity (Wildman–Crippen MR) is 54.2 cm³/mol. The molecule has 0 aliphatic heterocycles. The van der Waals surface area contributed by atoms with E-state index >= 15 is 0 Å². The van der Waals surface area contributed by atoms with Crippen molar-refractivity contribution in [2.45, 2.75) is 19.3 Å². The van der Waals surface area contributed by atoms with Crippen LogP contribution in [-0.4, -0.2) is 6.61 Å². The monoisotopic (exact) mass is 213 g/mol. The van der Waals surface area contributed by atoms with Crippen LogP contribution in [0.2, 0.25) is 5.02 Å². The second kappa shape index (κ2) is 3.77. The summed E-state index contributed by atoms with van der Waals surface area (Å²) < 4.78 is 18.9. The molecule has 1 aliphatic rings. The van der Waals surface area contributed by atoms with Gasteiger partial charge >= 0.3 is 0 Å². The van der Waals surface area contributed by atoms with Crippen molar-refractivity contribution < 1.29 is 9.13 Å². The van der Waals surface area contributed by atoms with Gasteiger partial charge in [0.15, 0.2) is 11.6 Å². The molecule has 1 unspecified atom stereocenters. The maximum absolute atomic E-state index is 13.8. The fourth-order valence-corrected chi connectivity index (χ4v) is 1.75. The first-order chi connectivity index (χ1) is 6.74. The second-order valence-electron chi connectivity index (χ2n) is 3.28. The lowest BCUT2D eigenvalue weighted by Crippen LogP contribution is -1.98. The molecule has 0 aromatic heterocycles. The third-order valence-electron chi connectivity index (χ3n) is 2.23. The van der Waals surface area contributed by atoms with Crippen LogP contribution in [-0.2, 0) is 0 Å². The molecule has 75 valence electrons. The Kier molecular flexibility index (Phi) is 2.64. The van der Waals surface area contributed by atoms with Gasteiger partial charge in [-0.2, -0.15) is 0 Å². The zero-order valence-corrected chi connectivity index (χ0v) is 8.64. The first-order valence-corrected chi connectivity index (χ1v) is 5.06. The number of hydrogen-bond donors (Lipinski definition) is 0. The van der Waals surface area contributed by atoms with Gasteiger partial charge in [-0.1, -0.05) is 11.6 Å². The van der Waals surface area contributed by atoms with Gasteiger partial charge in [0.25, 0.3) is 0 Å². The van der Waals surface area contributed by atoms with Crippen LogP contribution in [0.25, 0.3) is 0 Å². The number of hydrogen-bond acceptors (Lipinski definition) is 1. The second-order valence-corrected chi connectivity index (χ2v) is 3.69. The third kappa shape index (κ3) is 1.71. The van der Waals surface area contributed by atoms with E-state index in [0.717, 1.165) is 6.42 Å². The summed E-state index contributed by atoms with van der Waals surface area (Å²) in [6, 6.07) is 3.27. The first-order valence-electron chi connectivity index (χ1n) is 4.68. The topological polar surface area (TPSA) is 9.23 Å². The fraction of sp³-hybridized carbons (Fsp3) is 0.364. The van der Waals surface area contributed by atoms with Crippen LogP contribution in [0.1, 0.15) is 24.8 Å². The SMILES string of the molecule is CCOc1ccc(Cl)c(C2[CH]C2)c1F. The number of benzene rings is 1. The summed E-state index contributed by atoms with van der Waals surface area (Å²) in [6.07, 6.45) is 2.94. The average Bonchev–Trinajstić information content (AvgIpc) is 2.94. The van der Waals surface area contributed by atoms with Crippen molar-refractivity contribution in [3.63, 3.8) is 0 Å². The molecule has 0 heterocycles. The van der Waals surface area contributed by atoms with E-state index in [2.05, 4.69) is 0 Å². The van der Waals surface area contributed by atoms with Crippen molar-refractivity contribution in [1.82, 2.24) is 0 Å². The summed E-state index contributed by atoms with van der Waals surface area (Å²) in [6.45, 7) is 2.29. The highest BCUT2D eigenvalue weighted by Crippen LogP contribution is 2.45. The van der Waals surface area contributed by atoms with E-state index in [9.17, 15) is 4.39 Å². The van der Waals surface area contributed by atoms with E-state index in [-0.39, 0.29) is 11.7 Å². The summed E-state index contributed by atoms with van der Waals surface area (Å²) in [5.74, 6) is 0.174. The zero-order chi connectivity index (χ0) is 10.1. The highest BCUT2D eigenvalue weighted by molar-refractivity contribution is 6.31. The van der Waals surface area contributed by atoms with Gasteiger partial charge < -0.3 is 4.74 Å². The molecule has 1 fully saturated rings. The maximum atomic E-state index is 13.8. The van der Waals surface area contributed by atoms with Crippen LogP contribution in [0.5, 0.6) is 5.75 Å². The van der Waals surface area contributed by atoms with Crippen LogP contribution in [0.3, 0.4) is 0 Å². The molecule has 1 aliphatic carbocycles. The Labute approximate surface area is 87.8 Å². The lowest BCUT2D eigenvalue weighted by molar-refractivity contribution is 0.320. The summed E-state index contributed by atoms with van der Waals surface area (Å²) in [7, 11) is 0. The Hall–Kier alpha value is -0.760. The van der Waals surface area contributed by atoms with E-state index in [4.69, 9.17) is 16.3 Å². The molecular weight excluding hydrogens is 203 g/mol. The van der Waals surface area contributed by atoms with Gasteiger partial charge in [0.1, 0.15) is 0 Å². The largest absolute Gasteiger partial charge is 0.491 e. The standard InChI is InChI=1S/C11H11ClFO/c1-2-14-9-6-5-8(12)10(11(9)13)7-3-4-7/h3,5-7H,2,4H2,1H3. The summed E-state index contributed by atoms with van der Waals surface area (Å²) in [5.41, 5.74) is 0.581. The normalized spacial score (nSPS) is 15.6. The molecule has 1 atom stereocenters. The van der Waals surface area contributed by atoms with Gasteiger partial charge in [-0.25, -0.2) is 4.39 Å². The molecule has 0 saturated heterocycles. The highest BCUT2D eigenvalue weighted by atomic mass is 35.5. The van der Waals surface area contributed by atoms with Crippen molar-refractivity contribution in [1.29, 1.82) is 0 Å². The zero-order valence-electron chi connectivity index (χ0n) is 7.89. The molecule has 0 amide bonds. The maximum Gasteiger partial charge on any atom is 0.170 e. The molecule has 0 spiro atoms. The molecule has 1 saturated carbocycles. The Morgan fingerprint density at radius 1 is 1.57 bits per heavy atom. The Morgan fingerprint density at radius 2 is 2.29 bits per heavy atom. The van der Waals surface area contributed by atoms with Crippen molar-refractivity contribution in [3.05, 3.63) is 35.0 Å². The minimum atomic E-state index is -0.307. The smallest absolute Gasteiger partial charge is 0.170 e. The van der Waals surface area contributed by atoms with Gasteiger partial charge in [-0.15, -0.1) is 0 Å². The van der Waals surface area contributed by atoms with Crippen LogP contribution in [0.4, 0.5) is 4.39 Å². The summed E-state index contributed by atoms with van der Waals surface area (Å²) in [5, 5.41) is 0.490.